The standard InChI is InChI=1S/C12H13F2N3O2/c13-10(14)7-4-17(5-7)9-3-8(12(18)19)15-11(16-9)6-1-2-6/h3,6-7,10H,1-2,4-5H2,(H,18,19). The highest BCUT2D eigenvalue weighted by Crippen LogP contribution is 2.39. The first-order valence-corrected chi connectivity index (χ1v) is 6.20. The Morgan fingerprint density at radius 1 is 1.37 bits per heavy atom. The van der Waals surface area contributed by atoms with Gasteiger partial charge in [-0.05, 0) is 12.8 Å². The average Bonchev–Trinajstić information content (AvgIpc) is 3.09. The van der Waals surface area contributed by atoms with E-state index in [4.69, 9.17) is 5.11 Å². The number of anilines is 1. The van der Waals surface area contributed by atoms with Gasteiger partial charge in [-0.2, -0.15) is 0 Å². The third-order valence-electron chi connectivity index (χ3n) is 3.48. The van der Waals surface area contributed by atoms with Crippen LogP contribution < -0.4 is 4.90 Å². The van der Waals surface area contributed by atoms with E-state index >= 15 is 0 Å². The molecule has 1 aliphatic carbocycles. The van der Waals surface area contributed by atoms with Crippen LogP contribution in [0.5, 0.6) is 0 Å². The quantitative estimate of drug-likeness (QED) is 0.902. The number of carbonyl (C=O) groups is 1. The first-order chi connectivity index (χ1) is 9.04. The van der Waals surface area contributed by atoms with Crippen LogP contribution in [0.1, 0.15) is 35.1 Å². The Morgan fingerprint density at radius 3 is 2.58 bits per heavy atom. The summed E-state index contributed by atoms with van der Waals surface area (Å²) in [6.07, 6.45) is -0.412. The number of carboxylic acids is 1. The summed E-state index contributed by atoms with van der Waals surface area (Å²) < 4.78 is 24.9. The van der Waals surface area contributed by atoms with E-state index in [9.17, 15) is 13.6 Å². The van der Waals surface area contributed by atoms with Gasteiger partial charge in [0, 0.05) is 25.1 Å². The molecule has 0 spiro atoms. The Balaban J connectivity index is 1.83. The van der Waals surface area contributed by atoms with Gasteiger partial charge in [0.05, 0.1) is 5.92 Å². The number of halogens is 2. The fourth-order valence-corrected chi connectivity index (χ4v) is 2.11. The van der Waals surface area contributed by atoms with Crippen LogP contribution in [0.4, 0.5) is 14.6 Å². The van der Waals surface area contributed by atoms with E-state index in [0.29, 0.717) is 11.6 Å². The minimum absolute atomic E-state index is 0.0626. The summed E-state index contributed by atoms with van der Waals surface area (Å²) in [6, 6.07) is 1.36. The summed E-state index contributed by atoms with van der Waals surface area (Å²) in [7, 11) is 0. The van der Waals surface area contributed by atoms with Crippen LogP contribution in [0.15, 0.2) is 6.07 Å². The SMILES string of the molecule is O=C(O)c1cc(N2CC(C(F)F)C2)nc(C2CC2)n1. The normalized spacial score (nSPS) is 19.6. The lowest BCUT2D eigenvalue weighted by Gasteiger charge is -2.39. The number of alkyl halides is 2. The molecule has 19 heavy (non-hydrogen) atoms. The van der Waals surface area contributed by atoms with Crippen molar-refractivity contribution in [3.63, 3.8) is 0 Å². The molecular formula is C12H13F2N3O2. The van der Waals surface area contributed by atoms with Gasteiger partial charge in [-0.3, -0.25) is 0 Å². The number of hydrogen-bond donors (Lipinski definition) is 1. The zero-order chi connectivity index (χ0) is 13.6. The summed E-state index contributed by atoms with van der Waals surface area (Å²) in [5.74, 6) is -0.559. The van der Waals surface area contributed by atoms with Gasteiger partial charge in [0.15, 0.2) is 5.69 Å². The van der Waals surface area contributed by atoms with Crippen molar-refractivity contribution in [2.45, 2.75) is 25.2 Å². The summed E-state index contributed by atoms with van der Waals surface area (Å²) in [5, 5.41) is 9.02. The molecule has 1 N–H and O–H groups in total. The maximum atomic E-state index is 12.4. The molecule has 2 heterocycles. The lowest BCUT2D eigenvalue weighted by molar-refractivity contribution is 0.0608. The van der Waals surface area contributed by atoms with Crippen LogP contribution in [-0.4, -0.2) is 40.6 Å². The molecule has 0 bridgehead atoms. The van der Waals surface area contributed by atoms with Gasteiger partial charge < -0.3 is 10.0 Å². The molecule has 0 unspecified atom stereocenters. The number of nitrogens with zero attached hydrogens (tertiary/aromatic N) is 3. The van der Waals surface area contributed by atoms with Gasteiger partial charge in [-0.15, -0.1) is 0 Å². The zero-order valence-electron chi connectivity index (χ0n) is 10.1. The maximum absolute atomic E-state index is 12.4. The zero-order valence-corrected chi connectivity index (χ0v) is 10.1. The monoisotopic (exact) mass is 269 g/mol. The van der Waals surface area contributed by atoms with Crippen LogP contribution in [0, 0.1) is 5.92 Å². The predicted molar refractivity (Wildman–Crippen MR) is 62.7 cm³/mol. The summed E-state index contributed by atoms with van der Waals surface area (Å²) in [4.78, 5) is 21.0. The topological polar surface area (TPSA) is 66.3 Å². The molecule has 0 aromatic carbocycles. The Labute approximate surface area is 108 Å². The number of rotatable bonds is 4. The Morgan fingerprint density at radius 2 is 2.05 bits per heavy atom. The van der Waals surface area contributed by atoms with E-state index in [1.165, 1.54) is 6.07 Å². The number of carboxylic acid groups (broad SMARTS) is 1. The first-order valence-electron chi connectivity index (χ1n) is 6.20. The fourth-order valence-electron chi connectivity index (χ4n) is 2.11. The van der Waals surface area contributed by atoms with Gasteiger partial charge in [-0.25, -0.2) is 23.5 Å². The van der Waals surface area contributed by atoms with Crippen LogP contribution in [-0.2, 0) is 0 Å². The van der Waals surface area contributed by atoms with Crippen molar-refractivity contribution in [1.82, 2.24) is 9.97 Å². The van der Waals surface area contributed by atoms with E-state index in [1.54, 1.807) is 4.90 Å². The van der Waals surface area contributed by atoms with Crippen molar-refractivity contribution < 1.29 is 18.7 Å². The van der Waals surface area contributed by atoms with Gasteiger partial charge in [0.25, 0.3) is 0 Å². The van der Waals surface area contributed by atoms with E-state index in [-0.39, 0.29) is 24.7 Å². The summed E-state index contributed by atoms with van der Waals surface area (Å²) >= 11 is 0. The molecule has 0 radical (unpaired) electrons. The van der Waals surface area contributed by atoms with Crippen LogP contribution in [0.25, 0.3) is 0 Å². The highest BCUT2D eigenvalue weighted by atomic mass is 19.3. The molecule has 1 saturated heterocycles. The fraction of sp³-hybridized carbons (Fsp3) is 0.583. The van der Waals surface area contributed by atoms with Gasteiger partial charge in [0.1, 0.15) is 11.6 Å². The first kappa shape index (κ1) is 12.3. The van der Waals surface area contributed by atoms with E-state index in [0.717, 1.165) is 12.8 Å². The lowest BCUT2D eigenvalue weighted by atomic mass is 10.0. The van der Waals surface area contributed by atoms with Crippen molar-refractivity contribution >= 4 is 11.8 Å². The van der Waals surface area contributed by atoms with Crippen molar-refractivity contribution in [2.24, 2.45) is 5.92 Å². The Bertz CT molecular complexity index is 514. The number of hydrogen-bond acceptors (Lipinski definition) is 4. The smallest absolute Gasteiger partial charge is 0.354 e. The predicted octanol–water partition coefficient (Wildman–Crippen LogP) is 1.75. The summed E-state index contributed by atoms with van der Waals surface area (Å²) in [6.45, 7) is 0.440. The molecule has 0 amide bonds. The van der Waals surface area contributed by atoms with E-state index < -0.39 is 18.3 Å². The van der Waals surface area contributed by atoms with Crippen molar-refractivity contribution in [1.29, 1.82) is 0 Å². The lowest BCUT2D eigenvalue weighted by Crippen LogP contribution is -2.50. The molecule has 102 valence electrons. The molecule has 1 aliphatic heterocycles. The molecule has 3 rings (SSSR count). The van der Waals surface area contributed by atoms with E-state index in [1.807, 2.05) is 0 Å². The Kier molecular flexibility index (Phi) is 2.83. The molecule has 1 aromatic heterocycles. The van der Waals surface area contributed by atoms with E-state index in [2.05, 4.69) is 9.97 Å². The van der Waals surface area contributed by atoms with Crippen LogP contribution >= 0.6 is 0 Å². The molecule has 1 saturated carbocycles. The maximum Gasteiger partial charge on any atom is 0.354 e. The highest BCUT2D eigenvalue weighted by molar-refractivity contribution is 5.86. The second kappa shape index (κ2) is 4.40. The van der Waals surface area contributed by atoms with Gasteiger partial charge >= 0.3 is 5.97 Å². The second-order valence-electron chi connectivity index (χ2n) is 5.05. The van der Waals surface area contributed by atoms with Crippen LogP contribution in [0.2, 0.25) is 0 Å². The third kappa shape index (κ3) is 2.36. The van der Waals surface area contributed by atoms with Crippen molar-refractivity contribution in [3.05, 3.63) is 17.6 Å². The molecule has 1 aromatic rings. The van der Waals surface area contributed by atoms with Crippen molar-refractivity contribution in [2.75, 3.05) is 18.0 Å². The molecule has 2 aliphatic rings. The third-order valence-corrected chi connectivity index (χ3v) is 3.48. The largest absolute Gasteiger partial charge is 0.477 e. The highest BCUT2D eigenvalue weighted by Gasteiger charge is 2.36. The minimum Gasteiger partial charge on any atom is -0.477 e. The summed E-state index contributed by atoms with van der Waals surface area (Å²) in [5.41, 5.74) is -0.0626. The Hall–Kier alpha value is -1.79. The molecule has 2 fully saturated rings. The van der Waals surface area contributed by atoms with Crippen LogP contribution in [0.3, 0.4) is 0 Å². The van der Waals surface area contributed by atoms with Crippen molar-refractivity contribution in [3.8, 4) is 0 Å². The minimum atomic E-state index is -2.33. The number of aromatic nitrogens is 2. The van der Waals surface area contributed by atoms with Gasteiger partial charge in [0.2, 0.25) is 6.43 Å². The molecular weight excluding hydrogens is 256 g/mol. The molecule has 5 nitrogen and oxygen atoms in total. The number of aromatic carboxylic acids is 1. The molecule has 7 heteroatoms. The van der Waals surface area contributed by atoms with Gasteiger partial charge in [-0.1, -0.05) is 0 Å². The second-order valence-corrected chi connectivity index (χ2v) is 5.05. The molecule has 0 atom stereocenters. The average molecular weight is 269 g/mol.